The van der Waals surface area contributed by atoms with Crippen molar-refractivity contribution in [1.29, 1.82) is 0 Å². The molecule has 0 unspecified atom stereocenters. The molecule has 0 aliphatic rings. The summed E-state index contributed by atoms with van der Waals surface area (Å²) in [6.07, 6.45) is 0. The summed E-state index contributed by atoms with van der Waals surface area (Å²) < 4.78 is 12.8. The Hall–Kier alpha value is -2.89. The van der Waals surface area contributed by atoms with Crippen molar-refractivity contribution >= 4 is 17.3 Å². The van der Waals surface area contributed by atoms with Crippen LogP contribution in [0.1, 0.15) is 22.8 Å². The summed E-state index contributed by atoms with van der Waals surface area (Å²) in [4.78, 5) is 11.2. The first-order chi connectivity index (χ1) is 9.97. The van der Waals surface area contributed by atoms with Gasteiger partial charge in [0.1, 0.15) is 11.6 Å². The van der Waals surface area contributed by atoms with E-state index in [1.165, 1.54) is 24.3 Å². The molecular weight excluding hydrogens is 273 g/mol. The molecule has 1 amide bonds. The fourth-order valence-corrected chi connectivity index (χ4v) is 1.70. The Morgan fingerprint density at radius 1 is 1.24 bits per heavy atom. The second kappa shape index (κ2) is 6.04. The Morgan fingerprint density at radius 2 is 1.90 bits per heavy atom. The van der Waals surface area contributed by atoms with Gasteiger partial charge in [-0.3, -0.25) is 10.2 Å². The van der Waals surface area contributed by atoms with Gasteiger partial charge < -0.3 is 10.8 Å². The van der Waals surface area contributed by atoms with E-state index in [4.69, 9.17) is 5.73 Å². The van der Waals surface area contributed by atoms with Gasteiger partial charge in [-0.25, -0.2) is 4.39 Å². The molecule has 5 nitrogen and oxygen atoms in total. The smallest absolute Gasteiger partial charge is 0.252 e. The number of anilines is 1. The number of rotatable bonds is 4. The molecule has 0 aliphatic heterocycles. The molecule has 0 saturated heterocycles. The van der Waals surface area contributed by atoms with Gasteiger partial charge in [0, 0.05) is 0 Å². The zero-order valence-electron chi connectivity index (χ0n) is 11.3. The van der Waals surface area contributed by atoms with E-state index in [9.17, 15) is 14.3 Å². The molecule has 108 valence electrons. The molecule has 2 aromatic carbocycles. The van der Waals surface area contributed by atoms with E-state index in [0.717, 1.165) is 0 Å². The van der Waals surface area contributed by atoms with Crippen LogP contribution < -0.4 is 11.2 Å². The van der Waals surface area contributed by atoms with Crippen molar-refractivity contribution in [2.75, 3.05) is 5.43 Å². The molecule has 0 radical (unpaired) electrons. The maximum Gasteiger partial charge on any atom is 0.252 e. The number of nitrogens with two attached hydrogens (primary N) is 1. The van der Waals surface area contributed by atoms with Crippen LogP contribution in [0.3, 0.4) is 0 Å². The normalized spacial score (nSPS) is 11.2. The van der Waals surface area contributed by atoms with Crippen LogP contribution in [0.2, 0.25) is 0 Å². The quantitative estimate of drug-likeness (QED) is 0.596. The van der Waals surface area contributed by atoms with Crippen LogP contribution in [-0.2, 0) is 0 Å². The molecule has 2 aromatic rings. The number of benzene rings is 2. The van der Waals surface area contributed by atoms with Gasteiger partial charge in [-0.05, 0) is 55.0 Å². The molecular formula is C15H14FN3O2. The van der Waals surface area contributed by atoms with E-state index in [2.05, 4.69) is 10.5 Å². The van der Waals surface area contributed by atoms with Gasteiger partial charge in [-0.1, -0.05) is 0 Å². The zero-order chi connectivity index (χ0) is 15.4. The number of nitrogens with zero attached hydrogens (tertiary/aromatic N) is 1. The van der Waals surface area contributed by atoms with Gasteiger partial charge in [-0.15, -0.1) is 0 Å². The maximum atomic E-state index is 12.8. The average Bonchev–Trinajstić information content (AvgIpc) is 2.46. The Kier molecular flexibility index (Phi) is 4.18. The number of primary amides is 1. The first-order valence-electron chi connectivity index (χ1n) is 6.16. The number of phenols is 1. The second-order valence-electron chi connectivity index (χ2n) is 4.41. The van der Waals surface area contributed by atoms with E-state index in [0.29, 0.717) is 17.0 Å². The van der Waals surface area contributed by atoms with Crippen LogP contribution in [0.4, 0.5) is 10.1 Å². The van der Waals surface area contributed by atoms with E-state index in [1.54, 1.807) is 25.1 Å². The molecule has 0 heterocycles. The lowest BCUT2D eigenvalue weighted by Crippen LogP contribution is -2.12. The van der Waals surface area contributed by atoms with Crippen molar-refractivity contribution in [3.8, 4) is 5.75 Å². The molecule has 0 atom stereocenters. The molecule has 0 saturated carbocycles. The first-order valence-corrected chi connectivity index (χ1v) is 6.16. The van der Waals surface area contributed by atoms with Gasteiger partial charge in [-0.2, -0.15) is 5.10 Å². The number of carbonyl (C=O) groups excluding carboxylic acids is 1. The largest absolute Gasteiger partial charge is 0.507 e. The van der Waals surface area contributed by atoms with Gasteiger partial charge in [0.2, 0.25) is 0 Å². The number of aromatic hydroxyl groups is 1. The summed E-state index contributed by atoms with van der Waals surface area (Å²) in [6, 6.07) is 10.2. The highest BCUT2D eigenvalue weighted by Gasteiger charge is 2.09. The molecule has 0 bridgehead atoms. The Bertz CT molecular complexity index is 697. The summed E-state index contributed by atoms with van der Waals surface area (Å²) in [6.45, 7) is 1.73. The van der Waals surface area contributed by atoms with Gasteiger partial charge in [0.15, 0.2) is 0 Å². The Balaban J connectivity index is 2.21. The molecule has 0 aliphatic carbocycles. The Morgan fingerprint density at radius 3 is 2.52 bits per heavy atom. The Labute approximate surface area is 120 Å². The first kappa shape index (κ1) is 14.5. The van der Waals surface area contributed by atoms with Crippen molar-refractivity contribution in [3.05, 3.63) is 59.4 Å². The van der Waals surface area contributed by atoms with Crippen LogP contribution in [0.5, 0.6) is 5.75 Å². The minimum absolute atomic E-state index is 0.0313. The van der Waals surface area contributed by atoms with Crippen LogP contribution >= 0.6 is 0 Å². The predicted octanol–water partition coefficient (Wildman–Crippen LogP) is 2.47. The number of amides is 1. The third-order valence-electron chi connectivity index (χ3n) is 2.88. The number of hydrogen-bond donors (Lipinski definition) is 3. The van der Waals surface area contributed by atoms with Crippen molar-refractivity contribution in [2.45, 2.75) is 6.92 Å². The monoisotopic (exact) mass is 287 g/mol. The van der Waals surface area contributed by atoms with E-state index in [1.807, 2.05) is 0 Å². The molecule has 2 rings (SSSR count). The lowest BCUT2D eigenvalue weighted by atomic mass is 10.1. The van der Waals surface area contributed by atoms with Crippen LogP contribution in [0.15, 0.2) is 47.6 Å². The summed E-state index contributed by atoms with van der Waals surface area (Å²) in [7, 11) is 0. The molecule has 0 fully saturated rings. The van der Waals surface area contributed by atoms with Gasteiger partial charge in [0.25, 0.3) is 5.91 Å². The third kappa shape index (κ3) is 3.56. The van der Waals surface area contributed by atoms with Crippen LogP contribution in [0, 0.1) is 5.82 Å². The highest BCUT2D eigenvalue weighted by Crippen LogP contribution is 2.18. The van der Waals surface area contributed by atoms with Crippen molar-refractivity contribution < 1.29 is 14.3 Å². The standard InChI is InChI=1S/C15H14FN3O2/c1-9(18-19-12-5-3-11(16)4-6-12)10-2-7-14(20)13(8-10)15(17)21/h2-8,19-20H,1H3,(H2,17,21)/b18-9+. The molecule has 21 heavy (non-hydrogen) atoms. The molecule has 0 spiro atoms. The number of hydrazone groups is 1. The van der Waals surface area contributed by atoms with E-state index in [-0.39, 0.29) is 17.1 Å². The number of carbonyl (C=O) groups is 1. The van der Waals surface area contributed by atoms with Crippen LogP contribution in [0.25, 0.3) is 0 Å². The zero-order valence-corrected chi connectivity index (χ0v) is 11.3. The predicted molar refractivity (Wildman–Crippen MR) is 78.9 cm³/mol. The second-order valence-corrected chi connectivity index (χ2v) is 4.41. The van der Waals surface area contributed by atoms with Crippen molar-refractivity contribution in [3.63, 3.8) is 0 Å². The lowest BCUT2D eigenvalue weighted by molar-refractivity contribution is 0.0997. The molecule has 4 N–H and O–H groups in total. The fourth-order valence-electron chi connectivity index (χ4n) is 1.70. The average molecular weight is 287 g/mol. The van der Waals surface area contributed by atoms with Gasteiger partial charge in [0.05, 0.1) is 17.0 Å². The van der Waals surface area contributed by atoms with Crippen LogP contribution in [-0.4, -0.2) is 16.7 Å². The van der Waals surface area contributed by atoms with E-state index < -0.39 is 5.91 Å². The SMILES string of the molecule is C/C(=N\Nc1ccc(F)cc1)c1ccc(O)c(C(N)=O)c1. The number of halogens is 1. The molecule has 6 heteroatoms. The topological polar surface area (TPSA) is 87.7 Å². The molecule has 0 aromatic heterocycles. The van der Waals surface area contributed by atoms with Gasteiger partial charge >= 0.3 is 0 Å². The lowest BCUT2D eigenvalue weighted by Gasteiger charge is -2.06. The fraction of sp³-hybridized carbons (Fsp3) is 0.0667. The number of hydrogen-bond acceptors (Lipinski definition) is 4. The highest BCUT2D eigenvalue weighted by molar-refractivity contribution is 6.03. The summed E-state index contributed by atoms with van der Waals surface area (Å²) in [5, 5.41) is 13.7. The van der Waals surface area contributed by atoms with Crippen molar-refractivity contribution in [2.24, 2.45) is 10.8 Å². The van der Waals surface area contributed by atoms with Crippen molar-refractivity contribution in [1.82, 2.24) is 0 Å². The van der Waals surface area contributed by atoms with E-state index >= 15 is 0 Å². The minimum atomic E-state index is -0.714. The maximum absolute atomic E-state index is 12.8. The summed E-state index contributed by atoms with van der Waals surface area (Å²) in [5.41, 5.74) is 9.83. The summed E-state index contributed by atoms with van der Waals surface area (Å²) >= 11 is 0. The summed E-state index contributed by atoms with van der Waals surface area (Å²) in [5.74, 6) is -1.22. The minimum Gasteiger partial charge on any atom is -0.507 e. The number of nitrogens with one attached hydrogen (secondary N) is 1. The highest BCUT2D eigenvalue weighted by atomic mass is 19.1. The third-order valence-corrected chi connectivity index (χ3v) is 2.88.